The third kappa shape index (κ3) is 46.1. The summed E-state index contributed by atoms with van der Waals surface area (Å²) in [5.41, 5.74) is 0. The number of carbonyl (C=O) groups excluding carboxylic acids is 2. The molecule has 0 bridgehead atoms. The van der Waals surface area contributed by atoms with Crippen LogP contribution in [0.25, 0.3) is 0 Å². The van der Waals surface area contributed by atoms with Gasteiger partial charge < -0.3 is 45.1 Å². The van der Waals surface area contributed by atoms with Gasteiger partial charge in [-0.1, -0.05) is 314 Å². The second kappa shape index (κ2) is 59.2. The minimum Gasteiger partial charge on any atom is -0.454 e. The number of aliphatic hydroxyl groups excluding tert-OH is 5. The SMILES string of the molecule is CCCCC/C=C\C/C=C\CCCCCCCCCC(=O)OC1C(OCC(NC(=O)C(O)CCCCCCCCCCCCCCCCCCCCCCCCCC)C(O)/C=C/CCCCCCCCCCCC)OC(CO)C(O)C1O. The average Bonchev–Trinajstić information content (AvgIpc) is 3.60. The lowest BCUT2D eigenvalue weighted by Gasteiger charge is -2.41. The van der Waals surface area contributed by atoms with E-state index in [0.29, 0.717) is 19.3 Å². The van der Waals surface area contributed by atoms with Crippen molar-refractivity contribution < 1.29 is 49.3 Å². The normalized spacial score (nSPS) is 18.8. The molecule has 0 saturated carbocycles. The van der Waals surface area contributed by atoms with E-state index in [4.69, 9.17) is 14.2 Å². The van der Waals surface area contributed by atoms with E-state index in [1.807, 2.05) is 6.08 Å². The molecule has 1 rings (SSSR count). The van der Waals surface area contributed by atoms with Crippen LogP contribution in [-0.4, -0.2) is 99.6 Å². The van der Waals surface area contributed by atoms with Crippen molar-refractivity contribution in [3.05, 3.63) is 36.5 Å². The Morgan fingerprint density at radius 2 is 0.841 bits per heavy atom. The number of aliphatic hydroxyl groups is 5. The quantitative estimate of drug-likeness (QED) is 0.0195. The second-order valence-corrected chi connectivity index (χ2v) is 24.6. The van der Waals surface area contributed by atoms with Crippen LogP contribution >= 0.6 is 0 Å². The average molecular weight is 1160 g/mol. The highest BCUT2D eigenvalue weighted by Gasteiger charge is 2.47. The fourth-order valence-electron chi connectivity index (χ4n) is 11.2. The Kier molecular flexibility index (Phi) is 56.3. The van der Waals surface area contributed by atoms with Gasteiger partial charge in [-0.05, 0) is 57.8 Å². The molecule has 0 spiro atoms. The van der Waals surface area contributed by atoms with Crippen molar-refractivity contribution in [2.75, 3.05) is 13.2 Å². The van der Waals surface area contributed by atoms with E-state index in [9.17, 15) is 35.1 Å². The summed E-state index contributed by atoms with van der Waals surface area (Å²) in [7, 11) is 0. The van der Waals surface area contributed by atoms with Gasteiger partial charge in [-0.15, -0.1) is 0 Å². The standard InChI is InChI=1S/C71H133NO10/c1-4-7-10-13-16-19-22-25-27-29-30-31-32-33-34-35-37-38-40-43-46-49-52-55-58-64(75)70(79)72-62(63(74)57-54-51-48-45-42-24-21-18-15-12-9-6-3)61-80-71-69(68(78)67(77)65(60-73)81-71)82-66(76)59-56-53-50-47-44-41-39-36-28-26-23-20-17-14-11-8-5-2/h17,20,26,28,54,57,62-65,67-69,71,73-75,77-78H,4-16,18-19,21-25,27,29-53,55-56,58-61H2,1-3H3,(H,72,79)/b20-17-,28-26-,57-54+. The molecule has 82 heavy (non-hydrogen) atoms. The number of ether oxygens (including phenoxy) is 3. The van der Waals surface area contributed by atoms with Crippen LogP contribution < -0.4 is 5.32 Å². The molecule has 482 valence electrons. The van der Waals surface area contributed by atoms with Crippen LogP contribution in [0, 0.1) is 0 Å². The largest absolute Gasteiger partial charge is 0.454 e. The first-order chi connectivity index (χ1) is 40.2. The van der Waals surface area contributed by atoms with E-state index in [2.05, 4.69) is 50.4 Å². The number of esters is 1. The van der Waals surface area contributed by atoms with Crippen LogP contribution in [0.2, 0.25) is 0 Å². The van der Waals surface area contributed by atoms with Crippen molar-refractivity contribution in [2.24, 2.45) is 0 Å². The second-order valence-electron chi connectivity index (χ2n) is 24.6. The highest BCUT2D eigenvalue weighted by Crippen LogP contribution is 2.26. The smallest absolute Gasteiger partial charge is 0.306 e. The molecule has 1 amide bonds. The summed E-state index contributed by atoms with van der Waals surface area (Å²) in [6.45, 7) is 5.81. The molecule has 6 N–H and O–H groups in total. The van der Waals surface area contributed by atoms with Crippen LogP contribution in [0.1, 0.15) is 342 Å². The number of amides is 1. The number of allylic oxidation sites excluding steroid dienone is 5. The Morgan fingerprint density at radius 3 is 1.27 bits per heavy atom. The zero-order valence-corrected chi connectivity index (χ0v) is 53.6. The maximum absolute atomic E-state index is 13.5. The molecule has 11 nitrogen and oxygen atoms in total. The zero-order chi connectivity index (χ0) is 59.6. The van der Waals surface area contributed by atoms with E-state index in [0.717, 1.165) is 77.0 Å². The van der Waals surface area contributed by atoms with Crippen LogP contribution in [0.4, 0.5) is 0 Å². The summed E-state index contributed by atoms with van der Waals surface area (Å²) in [5, 5.41) is 57.2. The van der Waals surface area contributed by atoms with Crippen LogP contribution in [-0.2, 0) is 23.8 Å². The highest BCUT2D eigenvalue weighted by atomic mass is 16.7. The molecule has 1 heterocycles. The number of unbranched alkanes of at least 4 members (excludes halogenated alkanes) is 43. The molecule has 8 atom stereocenters. The van der Waals surface area contributed by atoms with E-state index < -0.39 is 67.4 Å². The molecule has 1 fully saturated rings. The summed E-state index contributed by atoms with van der Waals surface area (Å²) in [5.74, 6) is -1.19. The molecular weight excluding hydrogens is 1030 g/mol. The van der Waals surface area contributed by atoms with Crippen molar-refractivity contribution in [3.63, 3.8) is 0 Å². The van der Waals surface area contributed by atoms with Crippen molar-refractivity contribution >= 4 is 11.9 Å². The Hall–Kier alpha value is -2.12. The van der Waals surface area contributed by atoms with E-state index >= 15 is 0 Å². The monoisotopic (exact) mass is 1160 g/mol. The van der Waals surface area contributed by atoms with Crippen LogP contribution in [0.15, 0.2) is 36.5 Å². The Morgan fingerprint density at radius 1 is 0.476 bits per heavy atom. The minimum atomic E-state index is -1.61. The van der Waals surface area contributed by atoms with Crippen molar-refractivity contribution in [3.8, 4) is 0 Å². The summed E-state index contributed by atoms with van der Waals surface area (Å²) < 4.78 is 17.7. The lowest BCUT2D eigenvalue weighted by atomic mass is 9.99. The van der Waals surface area contributed by atoms with Crippen molar-refractivity contribution in [1.29, 1.82) is 0 Å². The van der Waals surface area contributed by atoms with Gasteiger partial charge in [0.15, 0.2) is 12.4 Å². The van der Waals surface area contributed by atoms with E-state index in [-0.39, 0.29) is 13.0 Å². The van der Waals surface area contributed by atoms with E-state index in [1.165, 1.54) is 218 Å². The number of hydrogen-bond acceptors (Lipinski definition) is 10. The lowest BCUT2D eigenvalue weighted by molar-refractivity contribution is -0.305. The molecule has 0 aromatic heterocycles. The predicted octanol–water partition coefficient (Wildman–Crippen LogP) is 17.8. The van der Waals surface area contributed by atoms with Gasteiger partial charge in [-0.3, -0.25) is 9.59 Å². The van der Waals surface area contributed by atoms with Gasteiger partial charge in [0.25, 0.3) is 0 Å². The molecule has 0 radical (unpaired) electrons. The first kappa shape index (κ1) is 77.9. The lowest BCUT2D eigenvalue weighted by Crippen LogP contribution is -2.61. The first-order valence-corrected chi connectivity index (χ1v) is 35.3. The fraction of sp³-hybridized carbons (Fsp3) is 0.887. The molecule has 1 aliphatic rings. The highest BCUT2D eigenvalue weighted by molar-refractivity contribution is 5.80. The minimum absolute atomic E-state index is 0.117. The molecule has 0 aliphatic carbocycles. The fourth-order valence-corrected chi connectivity index (χ4v) is 11.2. The van der Waals surface area contributed by atoms with E-state index in [1.54, 1.807) is 6.08 Å². The topological polar surface area (TPSA) is 175 Å². The molecular formula is C71H133NO10. The first-order valence-electron chi connectivity index (χ1n) is 35.3. The summed E-state index contributed by atoms with van der Waals surface area (Å²) >= 11 is 0. The van der Waals surface area contributed by atoms with Gasteiger partial charge in [0, 0.05) is 6.42 Å². The van der Waals surface area contributed by atoms with Gasteiger partial charge in [-0.25, -0.2) is 0 Å². The van der Waals surface area contributed by atoms with Gasteiger partial charge >= 0.3 is 5.97 Å². The number of hydrogen-bond donors (Lipinski definition) is 6. The van der Waals surface area contributed by atoms with Crippen molar-refractivity contribution in [2.45, 2.75) is 391 Å². The third-order valence-corrected chi connectivity index (χ3v) is 16.8. The van der Waals surface area contributed by atoms with Crippen LogP contribution in [0.5, 0.6) is 0 Å². The van der Waals surface area contributed by atoms with Gasteiger partial charge in [0.2, 0.25) is 5.91 Å². The summed E-state index contributed by atoms with van der Waals surface area (Å²) in [6, 6.07) is -1.02. The maximum atomic E-state index is 13.5. The molecule has 1 saturated heterocycles. The van der Waals surface area contributed by atoms with Crippen LogP contribution in [0.3, 0.4) is 0 Å². The van der Waals surface area contributed by atoms with Gasteiger partial charge in [0.05, 0.1) is 25.4 Å². The third-order valence-electron chi connectivity index (χ3n) is 16.8. The van der Waals surface area contributed by atoms with Gasteiger partial charge in [-0.2, -0.15) is 0 Å². The molecule has 0 aromatic carbocycles. The number of rotatable bonds is 61. The molecule has 1 aliphatic heterocycles. The number of carbonyl (C=O) groups is 2. The molecule has 11 heteroatoms. The summed E-state index contributed by atoms with van der Waals surface area (Å²) in [6.07, 6.45) is 61.9. The zero-order valence-electron chi connectivity index (χ0n) is 53.6. The molecule has 0 aromatic rings. The van der Waals surface area contributed by atoms with Gasteiger partial charge in [0.1, 0.15) is 24.4 Å². The Bertz CT molecular complexity index is 1470. The molecule has 8 unspecified atom stereocenters. The predicted molar refractivity (Wildman–Crippen MR) is 343 cm³/mol. The number of nitrogens with one attached hydrogen (secondary N) is 1. The summed E-state index contributed by atoms with van der Waals surface area (Å²) in [4.78, 5) is 26.6. The maximum Gasteiger partial charge on any atom is 0.306 e. The van der Waals surface area contributed by atoms with Crippen molar-refractivity contribution in [1.82, 2.24) is 5.32 Å². The Labute approximate surface area is 504 Å². The Balaban J connectivity index is 2.57.